The van der Waals surface area contributed by atoms with Crippen molar-refractivity contribution in [3.8, 4) is 0 Å². The number of carbonyl (C=O) groups is 1. The summed E-state index contributed by atoms with van der Waals surface area (Å²) in [5.41, 5.74) is -0.0377. The zero-order chi connectivity index (χ0) is 13.3. The van der Waals surface area contributed by atoms with E-state index in [2.05, 4.69) is 0 Å². The fourth-order valence-electron chi connectivity index (χ4n) is 2.07. The van der Waals surface area contributed by atoms with Crippen molar-refractivity contribution in [2.45, 2.75) is 19.4 Å². The van der Waals surface area contributed by atoms with Crippen LogP contribution < -0.4 is 0 Å². The van der Waals surface area contributed by atoms with E-state index in [9.17, 15) is 14.3 Å². The van der Waals surface area contributed by atoms with E-state index < -0.39 is 17.8 Å². The van der Waals surface area contributed by atoms with Crippen molar-refractivity contribution >= 4 is 17.5 Å². The third-order valence-electron chi connectivity index (χ3n) is 3.39. The molecule has 2 rings (SSSR count). The van der Waals surface area contributed by atoms with Crippen molar-refractivity contribution in [2.75, 3.05) is 13.1 Å². The molecule has 1 aliphatic rings. The predicted octanol–water partition coefficient (Wildman–Crippen LogP) is 2.32. The lowest BCUT2D eigenvalue weighted by Crippen LogP contribution is -2.46. The van der Waals surface area contributed by atoms with Crippen molar-refractivity contribution < 1.29 is 14.3 Å². The van der Waals surface area contributed by atoms with Gasteiger partial charge in [0.1, 0.15) is 0 Å². The predicted molar refractivity (Wildman–Crippen MR) is 67.1 cm³/mol. The molecule has 1 aromatic rings. The summed E-state index contributed by atoms with van der Waals surface area (Å²) in [4.78, 5) is 13.6. The van der Waals surface area contributed by atoms with E-state index in [1.54, 1.807) is 6.07 Å². The number of β-amino-alcohol motifs (C(OH)–C–C–N with tert-alkyl or cyclic N) is 1. The molecule has 1 fully saturated rings. The quantitative estimate of drug-likeness (QED) is 0.852. The van der Waals surface area contributed by atoms with Crippen LogP contribution in [-0.2, 0) is 0 Å². The molecule has 1 amide bonds. The lowest BCUT2D eigenvalue weighted by molar-refractivity contribution is 0.0246. The second-order valence-electron chi connectivity index (χ2n) is 4.69. The highest BCUT2D eigenvalue weighted by Crippen LogP contribution is 2.22. The zero-order valence-electron chi connectivity index (χ0n) is 10.1. The Hall–Kier alpha value is -1.13. The van der Waals surface area contributed by atoms with Gasteiger partial charge in [-0.15, -0.1) is 0 Å². The smallest absolute Gasteiger partial charge is 0.256 e. The molecule has 0 radical (unpaired) electrons. The highest BCUT2D eigenvalue weighted by molar-refractivity contribution is 6.31. The molecular weight excluding hydrogens is 257 g/mol. The van der Waals surface area contributed by atoms with Gasteiger partial charge in [0.05, 0.1) is 16.7 Å². The minimum absolute atomic E-state index is 0.0377. The molecule has 0 spiro atoms. The van der Waals surface area contributed by atoms with Crippen LogP contribution in [0.4, 0.5) is 4.39 Å². The van der Waals surface area contributed by atoms with Crippen molar-refractivity contribution in [1.82, 2.24) is 4.90 Å². The normalized spacial score (nSPS) is 24.1. The Labute approximate surface area is 110 Å². The Morgan fingerprint density at radius 2 is 2.28 bits per heavy atom. The van der Waals surface area contributed by atoms with Gasteiger partial charge in [-0.3, -0.25) is 4.79 Å². The molecule has 18 heavy (non-hydrogen) atoms. The van der Waals surface area contributed by atoms with Crippen LogP contribution in [0.25, 0.3) is 0 Å². The van der Waals surface area contributed by atoms with E-state index in [1.165, 1.54) is 17.0 Å². The van der Waals surface area contributed by atoms with Crippen molar-refractivity contribution in [2.24, 2.45) is 5.92 Å². The Morgan fingerprint density at radius 3 is 2.94 bits per heavy atom. The van der Waals surface area contributed by atoms with Crippen LogP contribution >= 0.6 is 11.6 Å². The number of hydrogen-bond donors (Lipinski definition) is 1. The number of piperidine rings is 1. The number of hydrogen-bond acceptors (Lipinski definition) is 2. The summed E-state index contributed by atoms with van der Waals surface area (Å²) >= 11 is 5.65. The number of halogens is 2. The van der Waals surface area contributed by atoms with Crippen molar-refractivity contribution in [3.05, 3.63) is 34.6 Å². The molecule has 2 unspecified atom stereocenters. The van der Waals surface area contributed by atoms with Gasteiger partial charge in [0.25, 0.3) is 5.91 Å². The Morgan fingerprint density at radius 1 is 1.56 bits per heavy atom. The van der Waals surface area contributed by atoms with Gasteiger partial charge in [-0.25, -0.2) is 4.39 Å². The summed E-state index contributed by atoms with van der Waals surface area (Å²) < 4.78 is 13.7. The van der Waals surface area contributed by atoms with Crippen LogP contribution in [0.2, 0.25) is 5.02 Å². The molecule has 1 aromatic carbocycles. The van der Waals surface area contributed by atoms with E-state index in [0.717, 1.165) is 6.42 Å². The van der Waals surface area contributed by atoms with Gasteiger partial charge in [-0.1, -0.05) is 24.6 Å². The van der Waals surface area contributed by atoms with E-state index in [1.807, 2.05) is 6.92 Å². The molecule has 1 aliphatic heterocycles. The highest BCUT2D eigenvalue weighted by atomic mass is 35.5. The molecule has 0 aliphatic carbocycles. The van der Waals surface area contributed by atoms with Crippen LogP contribution in [0.15, 0.2) is 18.2 Å². The molecule has 5 heteroatoms. The Balaban J connectivity index is 2.19. The number of carbonyl (C=O) groups excluding carboxylic acids is 1. The zero-order valence-corrected chi connectivity index (χ0v) is 10.8. The highest BCUT2D eigenvalue weighted by Gasteiger charge is 2.29. The minimum Gasteiger partial charge on any atom is -0.391 e. The number of benzene rings is 1. The van der Waals surface area contributed by atoms with Gasteiger partial charge in [-0.2, -0.15) is 0 Å². The first-order valence-corrected chi connectivity index (χ1v) is 6.30. The molecule has 98 valence electrons. The molecule has 3 nitrogen and oxygen atoms in total. The average molecular weight is 272 g/mol. The Kier molecular flexibility index (Phi) is 3.88. The van der Waals surface area contributed by atoms with Crippen LogP contribution in [-0.4, -0.2) is 35.1 Å². The first-order chi connectivity index (χ1) is 8.50. The molecule has 2 atom stereocenters. The van der Waals surface area contributed by atoms with E-state index in [4.69, 9.17) is 11.6 Å². The van der Waals surface area contributed by atoms with Crippen LogP contribution in [0.1, 0.15) is 23.7 Å². The maximum atomic E-state index is 13.7. The van der Waals surface area contributed by atoms with Gasteiger partial charge >= 0.3 is 0 Å². The maximum absolute atomic E-state index is 13.7. The second-order valence-corrected chi connectivity index (χ2v) is 5.09. The number of aliphatic hydroxyl groups excluding tert-OH is 1. The molecule has 1 heterocycles. The largest absolute Gasteiger partial charge is 0.391 e. The van der Waals surface area contributed by atoms with Gasteiger partial charge in [0.2, 0.25) is 0 Å². The van der Waals surface area contributed by atoms with E-state index >= 15 is 0 Å². The monoisotopic (exact) mass is 271 g/mol. The molecule has 1 N–H and O–H groups in total. The van der Waals surface area contributed by atoms with Crippen LogP contribution in [0.5, 0.6) is 0 Å². The van der Waals surface area contributed by atoms with Gasteiger partial charge in [-0.05, 0) is 24.5 Å². The fraction of sp³-hybridized carbons (Fsp3) is 0.462. The average Bonchev–Trinajstić information content (AvgIpc) is 2.35. The maximum Gasteiger partial charge on any atom is 0.256 e. The standard InChI is InChI=1S/C13H15ClFNO2/c1-8-5-6-16(7-11(8)17)13(18)9-3-2-4-10(14)12(9)15/h2-4,8,11,17H,5-7H2,1H3. The Bertz CT molecular complexity index is 466. The number of amides is 1. The van der Waals surface area contributed by atoms with E-state index in [-0.39, 0.29) is 23.0 Å². The van der Waals surface area contributed by atoms with Crippen LogP contribution in [0.3, 0.4) is 0 Å². The first-order valence-electron chi connectivity index (χ1n) is 5.92. The lowest BCUT2D eigenvalue weighted by Gasteiger charge is -2.34. The SMILES string of the molecule is CC1CCN(C(=O)c2cccc(Cl)c2F)CC1O. The molecule has 1 saturated heterocycles. The number of nitrogens with zero attached hydrogens (tertiary/aromatic N) is 1. The third-order valence-corrected chi connectivity index (χ3v) is 3.68. The number of aliphatic hydroxyl groups is 1. The number of likely N-dealkylation sites (tertiary alicyclic amines) is 1. The summed E-state index contributed by atoms with van der Waals surface area (Å²) in [6, 6.07) is 4.36. The minimum atomic E-state index is -0.697. The summed E-state index contributed by atoms with van der Waals surface area (Å²) in [6.07, 6.45) is 0.166. The summed E-state index contributed by atoms with van der Waals surface area (Å²) in [5, 5.41) is 9.69. The van der Waals surface area contributed by atoms with Gasteiger partial charge in [0.15, 0.2) is 5.82 Å². The topological polar surface area (TPSA) is 40.5 Å². The summed E-state index contributed by atoms with van der Waals surface area (Å²) in [6.45, 7) is 2.71. The summed E-state index contributed by atoms with van der Waals surface area (Å²) in [5.74, 6) is -0.948. The summed E-state index contributed by atoms with van der Waals surface area (Å²) in [7, 11) is 0. The second kappa shape index (κ2) is 5.24. The lowest BCUT2D eigenvalue weighted by atomic mass is 9.95. The van der Waals surface area contributed by atoms with Crippen LogP contribution in [0, 0.1) is 11.7 Å². The molecule has 0 aromatic heterocycles. The number of rotatable bonds is 1. The van der Waals surface area contributed by atoms with Gasteiger partial charge in [0, 0.05) is 13.1 Å². The first kappa shape index (κ1) is 13.3. The molecular formula is C13H15ClFNO2. The van der Waals surface area contributed by atoms with Crippen molar-refractivity contribution in [1.29, 1.82) is 0 Å². The molecule has 0 bridgehead atoms. The third kappa shape index (κ3) is 2.49. The van der Waals surface area contributed by atoms with Crippen molar-refractivity contribution in [3.63, 3.8) is 0 Å². The van der Waals surface area contributed by atoms with E-state index in [0.29, 0.717) is 6.54 Å². The molecule has 0 saturated carbocycles. The van der Waals surface area contributed by atoms with Gasteiger partial charge < -0.3 is 10.0 Å². The fourth-order valence-corrected chi connectivity index (χ4v) is 2.25.